The van der Waals surface area contributed by atoms with Crippen LogP contribution in [0.2, 0.25) is 0 Å². The smallest absolute Gasteiger partial charge is 0.220 e. The Morgan fingerprint density at radius 1 is 0.923 bits per heavy atom. The van der Waals surface area contributed by atoms with Crippen LogP contribution in [0.15, 0.2) is 109 Å². The minimum absolute atomic E-state index is 0.0178. The number of carbonyl (C=O) groups is 1. The number of para-hydroxylation sites is 1. The first-order chi connectivity index (χ1) is 19.1. The summed E-state index contributed by atoms with van der Waals surface area (Å²) >= 11 is 0. The van der Waals surface area contributed by atoms with Crippen LogP contribution in [0.1, 0.15) is 47.6 Å². The van der Waals surface area contributed by atoms with Crippen LogP contribution in [0.25, 0.3) is 10.9 Å². The summed E-state index contributed by atoms with van der Waals surface area (Å²) in [6, 6.07) is 33.1. The van der Waals surface area contributed by atoms with Crippen molar-refractivity contribution in [2.75, 3.05) is 13.7 Å². The van der Waals surface area contributed by atoms with Gasteiger partial charge in [-0.3, -0.25) is 9.78 Å². The molecule has 5 aromatic rings. The minimum Gasteiger partial charge on any atom is -0.497 e. The lowest BCUT2D eigenvalue weighted by atomic mass is 9.80. The third-order valence-corrected chi connectivity index (χ3v) is 7.49. The molecule has 0 saturated heterocycles. The lowest BCUT2D eigenvalue weighted by molar-refractivity contribution is -0.121. The maximum absolute atomic E-state index is 13.3. The van der Waals surface area contributed by atoms with Gasteiger partial charge in [-0.1, -0.05) is 73.7 Å². The van der Waals surface area contributed by atoms with Gasteiger partial charge in [-0.2, -0.15) is 0 Å². The lowest BCUT2D eigenvalue weighted by Gasteiger charge is -2.24. The van der Waals surface area contributed by atoms with Gasteiger partial charge in [0.05, 0.1) is 7.11 Å². The molecular formula is C34H35N3O2. The molecule has 2 unspecified atom stereocenters. The van der Waals surface area contributed by atoms with E-state index in [0.717, 1.165) is 18.0 Å². The van der Waals surface area contributed by atoms with Gasteiger partial charge in [-0.25, -0.2) is 0 Å². The number of amides is 1. The van der Waals surface area contributed by atoms with Crippen LogP contribution in [0.4, 0.5) is 0 Å². The highest BCUT2D eigenvalue weighted by molar-refractivity contribution is 5.86. The quantitative estimate of drug-likeness (QED) is 0.211. The number of pyridine rings is 1. The predicted molar refractivity (Wildman–Crippen MR) is 157 cm³/mol. The van der Waals surface area contributed by atoms with E-state index in [1.54, 1.807) is 13.3 Å². The Morgan fingerprint density at radius 3 is 2.41 bits per heavy atom. The second kappa shape index (κ2) is 12.4. The van der Waals surface area contributed by atoms with E-state index in [0.29, 0.717) is 19.4 Å². The largest absolute Gasteiger partial charge is 0.497 e. The molecule has 1 N–H and O–H groups in total. The molecule has 5 rings (SSSR count). The van der Waals surface area contributed by atoms with E-state index in [2.05, 4.69) is 88.7 Å². The number of nitrogens with one attached hydrogen (secondary N) is 1. The highest BCUT2D eigenvalue weighted by Crippen LogP contribution is 2.40. The van der Waals surface area contributed by atoms with Crippen LogP contribution in [-0.4, -0.2) is 29.1 Å². The first-order valence-corrected chi connectivity index (χ1v) is 13.5. The summed E-state index contributed by atoms with van der Waals surface area (Å²) < 4.78 is 7.64. The predicted octanol–water partition coefficient (Wildman–Crippen LogP) is 6.73. The van der Waals surface area contributed by atoms with E-state index in [1.165, 1.54) is 27.6 Å². The van der Waals surface area contributed by atoms with Crippen LogP contribution in [-0.2, 0) is 17.8 Å². The molecule has 0 radical (unpaired) electrons. The lowest BCUT2D eigenvalue weighted by Crippen LogP contribution is -2.28. The zero-order valence-corrected chi connectivity index (χ0v) is 22.6. The molecule has 198 valence electrons. The SMILES string of the molecule is COc1ccc(Cn2cc(C(CC(=O)NCCc3ccccn3)C(C)c3ccccc3)c3ccccc32)cc1. The van der Waals surface area contributed by atoms with E-state index in [4.69, 9.17) is 4.74 Å². The molecule has 0 aliphatic carbocycles. The Labute approximate surface area is 230 Å². The molecule has 0 aliphatic heterocycles. The molecule has 2 atom stereocenters. The fourth-order valence-corrected chi connectivity index (χ4v) is 5.32. The van der Waals surface area contributed by atoms with Crippen molar-refractivity contribution in [2.45, 2.75) is 38.1 Å². The van der Waals surface area contributed by atoms with Gasteiger partial charge in [-0.15, -0.1) is 0 Å². The van der Waals surface area contributed by atoms with E-state index in [1.807, 2.05) is 36.4 Å². The first kappa shape index (κ1) is 26.2. The average Bonchev–Trinajstić information content (AvgIpc) is 3.35. The maximum Gasteiger partial charge on any atom is 0.220 e. The van der Waals surface area contributed by atoms with Gasteiger partial charge in [0.1, 0.15) is 5.75 Å². The molecule has 1 amide bonds. The molecule has 5 heteroatoms. The highest BCUT2D eigenvalue weighted by atomic mass is 16.5. The number of carbonyl (C=O) groups excluding carboxylic acids is 1. The summed E-state index contributed by atoms with van der Waals surface area (Å²) in [6.07, 6.45) is 5.16. The monoisotopic (exact) mass is 517 g/mol. The van der Waals surface area contributed by atoms with Crippen LogP contribution < -0.4 is 10.1 Å². The summed E-state index contributed by atoms with van der Waals surface area (Å²) in [5.41, 5.74) is 5.78. The molecular weight excluding hydrogens is 482 g/mol. The van der Waals surface area contributed by atoms with Crippen LogP contribution in [0.5, 0.6) is 5.75 Å². The Hall–Kier alpha value is -4.38. The first-order valence-electron chi connectivity index (χ1n) is 13.5. The fraction of sp³-hybridized carbons (Fsp3) is 0.235. The molecule has 39 heavy (non-hydrogen) atoms. The number of hydrogen-bond acceptors (Lipinski definition) is 3. The zero-order valence-electron chi connectivity index (χ0n) is 22.6. The van der Waals surface area contributed by atoms with Crippen LogP contribution >= 0.6 is 0 Å². The number of hydrogen-bond donors (Lipinski definition) is 1. The fourth-order valence-electron chi connectivity index (χ4n) is 5.32. The Bertz CT molecular complexity index is 1490. The standard InChI is InChI=1S/C34H35N3O2/c1-25(27-10-4-3-5-11-27)31(22-34(38)36-21-19-28-12-8-9-20-35-28)32-24-37(33-14-7-6-13-30(32)33)23-26-15-17-29(39-2)18-16-26/h3-18,20,24-25,31H,19,21-23H2,1-2H3,(H,36,38). The van der Waals surface area contributed by atoms with Gasteiger partial charge in [0.15, 0.2) is 0 Å². The summed E-state index contributed by atoms with van der Waals surface area (Å²) in [7, 11) is 1.68. The Balaban J connectivity index is 1.43. The van der Waals surface area contributed by atoms with Crippen molar-refractivity contribution >= 4 is 16.8 Å². The molecule has 0 spiro atoms. The molecule has 5 nitrogen and oxygen atoms in total. The van der Waals surface area contributed by atoms with Gasteiger partial charge in [0, 0.05) is 60.8 Å². The second-order valence-corrected chi connectivity index (χ2v) is 10.0. The summed E-state index contributed by atoms with van der Waals surface area (Å²) in [5, 5.41) is 4.34. The van der Waals surface area contributed by atoms with E-state index >= 15 is 0 Å². The van der Waals surface area contributed by atoms with Crippen molar-refractivity contribution in [3.8, 4) is 5.75 Å². The van der Waals surface area contributed by atoms with Crippen LogP contribution in [0.3, 0.4) is 0 Å². The zero-order chi connectivity index (χ0) is 27.0. The summed E-state index contributed by atoms with van der Waals surface area (Å²) in [6.45, 7) is 3.55. The van der Waals surface area contributed by atoms with Crippen molar-refractivity contribution < 1.29 is 9.53 Å². The van der Waals surface area contributed by atoms with Gasteiger partial charge >= 0.3 is 0 Å². The normalized spacial score (nSPS) is 12.7. The number of fused-ring (bicyclic) bond motifs is 1. The Kier molecular flexibility index (Phi) is 8.37. The average molecular weight is 518 g/mol. The molecule has 0 saturated carbocycles. The summed E-state index contributed by atoms with van der Waals surface area (Å²) in [4.78, 5) is 17.7. The topological polar surface area (TPSA) is 56.1 Å². The third kappa shape index (κ3) is 6.37. The number of ether oxygens (including phenoxy) is 1. The molecule has 0 aliphatic rings. The van der Waals surface area contributed by atoms with Crippen LogP contribution in [0, 0.1) is 0 Å². The van der Waals surface area contributed by atoms with Crippen molar-refractivity contribution in [1.82, 2.24) is 14.9 Å². The Morgan fingerprint density at radius 2 is 1.67 bits per heavy atom. The molecule has 3 aromatic carbocycles. The van der Waals surface area contributed by atoms with Gasteiger partial charge in [0.2, 0.25) is 5.91 Å². The summed E-state index contributed by atoms with van der Waals surface area (Å²) in [5.74, 6) is 1.09. The molecule has 0 bridgehead atoms. The second-order valence-electron chi connectivity index (χ2n) is 10.0. The third-order valence-electron chi connectivity index (χ3n) is 7.49. The van der Waals surface area contributed by atoms with Gasteiger partial charge in [-0.05, 0) is 52.9 Å². The van der Waals surface area contributed by atoms with Crippen molar-refractivity contribution in [3.63, 3.8) is 0 Å². The van der Waals surface area contributed by atoms with E-state index in [-0.39, 0.29) is 17.7 Å². The number of benzene rings is 3. The van der Waals surface area contributed by atoms with Crippen molar-refractivity contribution in [3.05, 3.63) is 132 Å². The molecule has 2 heterocycles. The van der Waals surface area contributed by atoms with Gasteiger partial charge < -0.3 is 14.6 Å². The number of rotatable bonds is 11. The number of aromatic nitrogens is 2. The number of methoxy groups -OCH3 is 1. The van der Waals surface area contributed by atoms with E-state index in [9.17, 15) is 4.79 Å². The maximum atomic E-state index is 13.3. The van der Waals surface area contributed by atoms with Crippen molar-refractivity contribution in [2.24, 2.45) is 0 Å². The van der Waals surface area contributed by atoms with E-state index < -0.39 is 0 Å². The van der Waals surface area contributed by atoms with Gasteiger partial charge in [0.25, 0.3) is 0 Å². The highest BCUT2D eigenvalue weighted by Gasteiger charge is 2.27. The molecule has 0 fully saturated rings. The molecule has 2 aromatic heterocycles. The van der Waals surface area contributed by atoms with Crippen molar-refractivity contribution in [1.29, 1.82) is 0 Å². The number of nitrogens with zero attached hydrogens (tertiary/aromatic N) is 2. The minimum atomic E-state index is 0.0178.